The van der Waals surface area contributed by atoms with Crippen LogP contribution in [0.5, 0.6) is 0 Å². The molecule has 0 aliphatic carbocycles. The first-order chi connectivity index (χ1) is 37.5. The van der Waals surface area contributed by atoms with Crippen LogP contribution in [0.25, 0.3) is 0 Å². The smallest absolute Gasteiger partial charge is 0.268 e. The zero-order chi connectivity index (χ0) is 56.3. The largest absolute Gasteiger partial charge is 0.756 e. The van der Waals surface area contributed by atoms with Gasteiger partial charge in [0.15, 0.2) is 0 Å². The minimum Gasteiger partial charge on any atom is -0.756 e. The monoisotopic (exact) mass is 1100 g/mol. The minimum absolute atomic E-state index is 0.00813. The third-order valence-corrected chi connectivity index (χ3v) is 16.2. The van der Waals surface area contributed by atoms with Crippen LogP contribution in [0.4, 0.5) is 0 Å². The second-order valence-electron chi connectivity index (χ2n) is 24.2. The Bertz CT molecular complexity index is 1390. The van der Waals surface area contributed by atoms with Gasteiger partial charge in [-0.15, -0.1) is 0 Å². The number of hydrogen-bond acceptors (Lipinski definition) is 6. The van der Waals surface area contributed by atoms with E-state index in [0.29, 0.717) is 17.4 Å². The summed E-state index contributed by atoms with van der Waals surface area (Å²) in [5.74, 6) is -0.207. The summed E-state index contributed by atoms with van der Waals surface area (Å²) < 4.78 is 23.3. The fourth-order valence-corrected chi connectivity index (χ4v) is 10.7. The second kappa shape index (κ2) is 59.1. The average Bonchev–Trinajstić information content (AvgIpc) is 3.39. The molecule has 0 aliphatic rings. The van der Waals surface area contributed by atoms with E-state index in [1.54, 1.807) is 6.08 Å². The summed E-state index contributed by atoms with van der Waals surface area (Å²) in [6.45, 7) is 4.62. The van der Waals surface area contributed by atoms with E-state index < -0.39 is 26.6 Å². The number of likely N-dealkylation sites (N-methyl/N-ethyl adjacent to an activating group) is 1. The van der Waals surface area contributed by atoms with Crippen molar-refractivity contribution in [3.05, 3.63) is 48.6 Å². The Kier molecular flexibility index (Phi) is 57.9. The molecule has 0 aromatic rings. The first kappa shape index (κ1) is 75.5. The van der Waals surface area contributed by atoms with E-state index in [9.17, 15) is 19.4 Å². The van der Waals surface area contributed by atoms with Gasteiger partial charge in [0.05, 0.1) is 39.9 Å². The third kappa shape index (κ3) is 61.9. The van der Waals surface area contributed by atoms with Crippen LogP contribution in [0.15, 0.2) is 48.6 Å². The van der Waals surface area contributed by atoms with E-state index in [0.717, 1.165) is 44.9 Å². The van der Waals surface area contributed by atoms with Crippen LogP contribution in [-0.4, -0.2) is 68.5 Å². The molecule has 0 saturated carbocycles. The van der Waals surface area contributed by atoms with Crippen molar-refractivity contribution < 1.29 is 32.9 Å². The maximum absolute atomic E-state index is 13.0. The molecule has 0 rings (SSSR count). The van der Waals surface area contributed by atoms with Gasteiger partial charge in [0.25, 0.3) is 7.82 Å². The van der Waals surface area contributed by atoms with Crippen molar-refractivity contribution in [3.63, 3.8) is 0 Å². The van der Waals surface area contributed by atoms with Crippen molar-refractivity contribution in [2.45, 2.75) is 341 Å². The lowest BCUT2D eigenvalue weighted by Gasteiger charge is -2.29. The van der Waals surface area contributed by atoms with E-state index >= 15 is 0 Å². The number of quaternary nitrogens is 1. The van der Waals surface area contributed by atoms with E-state index in [2.05, 4.69) is 55.6 Å². The first-order valence-corrected chi connectivity index (χ1v) is 35.0. The van der Waals surface area contributed by atoms with E-state index in [-0.39, 0.29) is 12.5 Å². The summed E-state index contributed by atoms with van der Waals surface area (Å²) in [4.78, 5) is 25.5. The van der Waals surface area contributed by atoms with Gasteiger partial charge in [-0.1, -0.05) is 300 Å². The van der Waals surface area contributed by atoms with Gasteiger partial charge in [-0.3, -0.25) is 9.36 Å². The summed E-state index contributed by atoms with van der Waals surface area (Å²) in [7, 11) is 1.24. The molecule has 0 fully saturated rings. The van der Waals surface area contributed by atoms with E-state index in [4.69, 9.17) is 9.05 Å². The molecule has 0 heterocycles. The summed E-state index contributed by atoms with van der Waals surface area (Å²) in [6, 6.07) is -0.908. The second-order valence-corrected chi connectivity index (χ2v) is 25.6. The number of amides is 1. The molecule has 0 aromatic carbocycles. The number of aliphatic hydroxyl groups excluding tert-OH is 1. The number of carbonyl (C=O) groups excluding carboxylic acids is 1. The lowest BCUT2D eigenvalue weighted by Crippen LogP contribution is -2.45. The summed E-state index contributed by atoms with van der Waals surface area (Å²) in [5.41, 5.74) is 0. The number of unbranched alkanes of at least 4 members (excludes halogenated alkanes) is 43. The Hall–Kier alpha value is -1.54. The highest BCUT2D eigenvalue weighted by Crippen LogP contribution is 2.38. The topological polar surface area (TPSA) is 108 Å². The predicted molar refractivity (Wildman–Crippen MR) is 334 cm³/mol. The molecule has 2 N–H and O–H groups in total. The lowest BCUT2D eigenvalue weighted by atomic mass is 10.0. The highest BCUT2D eigenvalue weighted by molar-refractivity contribution is 7.45. The van der Waals surface area contributed by atoms with E-state index in [1.807, 2.05) is 27.2 Å². The lowest BCUT2D eigenvalue weighted by molar-refractivity contribution is -0.870. The van der Waals surface area contributed by atoms with Crippen LogP contribution >= 0.6 is 7.82 Å². The summed E-state index contributed by atoms with van der Waals surface area (Å²) in [6.07, 6.45) is 79.7. The Morgan fingerprint density at radius 2 is 0.727 bits per heavy atom. The van der Waals surface area contributed by atoms with Crippen molar-refractivity contribution >= 4 is 13.7 Å². The van der Waals surface area contributed by atoms with Crippen LogP contribution in [0, 0.1) is 0 Å². The van der Waals surface area contributed by atoms with Crippen molar-refractivity contribution in [2.24, 2.45) is 0 Å². The van der Waals surface area contributed by atoms with Crippen LogP contribution < -0.4 is 10.2 Å². The van der Waals surface area contributed by atoms with Crippen molar-refractivity contribution in [2.75, 3.05) is 40.9 Å². The Labute approximate surface area is 479 Å². The zero-order valence-electron chi connectivity index (χ0n) is 51.9. The Balaban J connectivity index is 3.85. The molecule has 0 spiro atoms. The van der Waals surface area contributed by atoms with Gasteiger partial charge in [-0.2, -0.15) is 0 Å². The Morgan fingerprint density at radius 3 is 1.06 bits per heavy atom. The molecule has 0 bridgehead atoms. The molecule has 0 aliphatic heterocycles. The molecule has 0 aromatic heterocycles. The van der Waals surface area contributed by atoms with E-state index in [1.165, 1.54) is 263 Å². The number of aliphatic hydroxyl groups is 1. The van der Waals surface area contributed by atoms with Crippen LogP contribution in [0.1, 0.15) is 328 Å². The number of nitrogens with zero attached hydrogens (tertiary/aromatic N) is 1. The normalized spacial score (nSPS) is 14.0. The van der Waals surface area contributed by atoms with Crippen LogP contribution in [0.3, 0.4) is 0 Å². The van der Waals surface area contributed by atoms with Gasteiger partial charge in [0.2, 0.25) is 5.91 Å². The van der Waals surface area contributed by atoms with Gasteiger partial charge in [0.1, 0.15) is 13.2 Å². The molecule has 77 heavy (non-hydrogen) atoms. The first-order valence-electron chi connectivity index (χ1n) is 33.5. The standard InChI is InChI=1S/C68H131N2O6P/c1-6-8-10-12-14-16-18-20-22-23-24-25-26-27-28-29-30-31-32-33-34-35-36-37-38-39-40-41-42-43-44-45-46-47-48-50-52-54-56-58-60-62-68(72)69-66(65-76-77(73,74)75-64-63-70(3,4)5)67(71)61-59-57-55-53-51-49-21-19-17-15-13-11-9-7-2/h17,19,23-24,51,53,59,61,66-67,71H,6-16,18,20-22,25-50,52,54-58,60,62-65H2,1-5H3,(H-,69,72,73,74)/b19-17+,24-23-,53-51+,61-59+. The molecular formula is C68H131N2O6P. The molecule has 8 nitrogen and oxygen atoms in total. The highest BCUT2D eigenvalue weighted by Gasteiger charge is 2.23. The van der Waals surface area contributed by atoms with Gasteiger partial charge < -0.3 is 28.8 Å². The number of nitrogens with one attached hydrogen (secondary N) is 1. The third-order valence-electron chi connectivity index (χ3n) is 15.2. The zero-order valence-corrected chi connectivity index (χ0v) is 52.8. The minimum atomic E-state index is -4.61. The molecular weight excluding hydrogens is 972 g/mol. The number of phosphoric ester groups is 1. The van der Waals surface area contributed by atoms with Gasteiger partial charge in [-0.25, -0.2) is 0 Å². The summed E-state index contributed by atoms with van der Waals surface area (Å²) >= 11 is 0. The average molecular weight is 1100 g/mol. The number of rotatable bonds is 62. The molecule has 454 valence electrons. The van der Waals surface area contributed by atoms with Crippen LogP contribution in [-0.2, 0) is 18.4 Å². The Morgan fingerprint density at radius 1 is 0.442 bits per heavy atom. The SMILES string of the molecule is CCCCCC/C=C/CC/C=C/CC/C=C/C(O)C(COP(=O)([O-])OCC[N+](C)(C)C)NC(=O)CCCCCCCCCCCCCCCCCCCCCCCCCCCCCCC/C=C\CCCCCCCCCC. The van der Waals surface area contributed by atoms with Crippen molar-refractivity contribution in [1.82, 2.24) is 5.32 Å². The van der Waals surface area contributed by atoms with Crippen LogP contribution in [0.2, 0.25) is 0 Å². The number of allylic oxidation sites excluding steroid dienone is 7. The summed E-state index contributed by atoms with van der Waals surface area (Å²) in [5, 5.41) is 13.8. The molecule has 3 unspecified atom stereocenters. The quantitative estimate of drug-likeness (QED) is 0.0272. The van der Waals surface area contributed by atoms with Gasteiger partial charge >= 0.3 is 0 Å². The molecule has 3 atom stereocenters. The predicted octanol–water partition coefficient (Wildman–Crippen LogP) is 20.4. The number of carbonyl (C=O) groups is 1. The van der Waals surface area contributed by atoms with Crippen molar-refractivity contribution in [1.29, 1.82) is 0 Å². The van der Waals surface area contributed by atoms with Gasteiger partial charge in [0, 0.05) is 6.42 Å². The maximum atomic E-state index is 13.0. The fourth-order valence-electron chi connectivity index (χ4n) is 10.0. The number of hydrogen-bond donors (Lipinski definition) is 2. The van der Waals surface area contributed by atoms with Crippen molar-refractivity contribution in [3.8, 4) is 0 Å². The number of phosphoric acid groups is 1. The molecule has 0 radical (unpaired) electrons. The maximum Gasteiger partial charge on any atom is 0.268 e. The fraction of sp³-hybridized carbons (Fsp3) is 0.868. The molecule has 1 amide bonds. The molecule has 9 heteroatoms. The molecule has 0 saturated heterocycles. The highest BCUT2D eigenvalue weighted by atomic mass is 31.2. The van der Waals surface area contributed by atoms with Gasteiger partial charge in [-0.05, 0) is 70.6 Å².